The lowest BCUT2D eigenvalue weighted by molar-refractivity contribution is -0.0958. The van der Waals surface area contributed by atoms with Crippen LogP contribution in [0.3, 0.4) is 0 Å². The number of benzene rings is 1. The molecule has 1 N–H and O–H groups in total. The zero-order valence-corrected chi connectivity index (χ0v) is 11.9. The molecular weight excluding hydrogens is 294 g/mol. The summed E-state index contributed by atoms with van der Waals surface area (Å²) >= 11 is 3.44. The van der Waals surface area contributed by atoms with Crippen LogP contribution in [0.15, 0.2) is 22.7 Å². The van der Waals surface area contributed by atoms with Crippen LogP contribution >= 0.6 is 15.9 Å². The van der Waals surface area contributed by atoms with E-state index in [1.54, 1.807) is 4.90 Å². The lowest BCUT2D eigenvalue weighted by atomic mass is 9.88. The number of rotatable bonds is 2. The summed E-state index contributed by atoms with van der Waals surface area (Å²) in [5, 5.41) is 10.2. The number of aliphatic hydroxyl groups is 1. The van der Waals surface area contributed by atoms with Crippen LogP contribution < -0.4 is 0 Å². The zero-order chi connectivity index (χ0) is 12.9. The van der Waals surface area contributed by atoms with Crippen LogP contribution in [-0.4, -0.2) is 34.6 Å². The third-order valence-electron chi connectivity index (χ3n) is 4.05. The summed E-state index contributed by atoms with van der Waals surface area (Å²) in [7, 11) is 0. The van der Waals surface area contributed by atoms with Crippen molar-refractivity contribution in [1.29, 1.82) is 0 Å². The summed E-state index contributed by atoms with van der Waals surface area (Å²) in [6, 6.07) is 5.65. The van der Waals surface area contributed by atoms with Crippen LogP contribution in [0.2, 0.25) is 0 Å². The smallest absolute Gasteiger partial charge is 0.254 e. The molecule has 0 radical (unpaired) electrons. The molecule has 1 heterocycles. The number of hydrogen-bond acceptors (Lipinski definition) is 2. The molecule has 0 bridgehead atoms. The highest BCUT2D eigenvalue weighted by Crippen LogP contribution is 2.44. The van der Waals surface area contributed by atoms with Gasteiger partial charge in [-0.2, -0.15) is 0 Å². The Morgan fingerprint density at radius 2 is 2.11 bits per heavy atom. The van der Waals surface area contributed by atoms with Crippen LogP contribution in [0.25, 0.3) is 0 Å². The molecule has 0 aromatic heterocycles. The lowest BCUT2D eigenvalue weighted by Crippen LogP contribution is -2.64. The maximum Gasteiger partial charge on any atom is 0.254 e. The van der Waals surface area contributed by atoms with Gasteiger partial charge in [-0.05, 0) is 43.4 Å². The molecule has 0 unspecified atom stereocenters. The SMILES string of the molecule is Cc1c(Br)cccc1C(=O)N1CC(O)(C2CC2)C1. The summed E-state index contributed by atoms with van der Waals surface area (Å²) in [5.41, 5.74) is 1.09. The Kier molecular flexibility index (Phi) is 2.75. The second-order valence-electron chi connectivity index (χ2n) is 5.45. The fourth-order valence-electron chi connectivity index (χ4n) is 2.65. The van der Waals surface area contributed by atoms with E-state index in [1.165, 1.54) is 0 Å². The molecule has 1 aromatic carbocycles. The van der Waals surface area contributed by atoms with E-state index in [0.717, 1.165) is 28.4 Å². The average Bonchev–Trinajstić information content (AvgIpc) is 3.12. The Bertz CT molecular complexity index is 505. The Morgan fingerprint density at radius 3 is 2.72 bits per heavy atom. The highest BCUT2D eigenvalue weighted by atomic mass is 79.9. The van der Waals surface area contributed by atoms with E-state index in [2.05, 4.69) is 15.9 Å². The molecular formula is C14H16BrNO2. The van der Waals surface area contributed by atoms with E-state index < -0.39 is 5.60 Å². The maximum absolute atomic E-state index is 12.3. The van der Waals surface area contributed by atoms with Crippen LogP contribution in [0.4, 0.5) is 0 Å². The fourth-order valence-corrected chi connectivity index (χ4v) is 3.01. The van der Waals surface area contributed by atoms with Crippen LogP contribution in [-0.2, 0) is 0 Å². The Morgan fingerprint density at radius 1 is 1.44 bits per heavy atom. The second-order valence-corrected chi connectivity index (χ2v) is 6.31. The fraction of sp³-hybridized carbons (Fsp3) is 0.500. The topological polar surface area (TPSA) is 40.5 Å². The molecule has 3 rings (SSSR count). The molecule has 3 nitrogen and oxygen atoms in total. The van der Waals surface area contributed by atoms with Gasteiger partial charge < -0.3 is 10.0 Å². The molecule has 1 saturated heterocycles. The third kappa shape index (κ3) is 1.88. The van der Waals surface area contributed by atoms with E-state index in [1.807, 2.05) is 25.1 Å². The van der Waals surface area contributed by atoms with Crippen molar-refractivity contribution in [1.82, 2.24) is 4.90 Å². The number of β-amino-alcohol motifs (C(OH)–C–C–N with tert-alkyl or cyclic N) is 1. The maximum atomic E-state index is 12.3. The number of halogens is 1. The Labute approximate surface area is 115 Å². The number of carbonyl (C=O) groups is 1. The predicted molar refractivity (Wildman–Crippen MR) is 72.5 cm³/mol. The van der Waals surface area contributed by atoms with Gasteiger partial charge in [-0.15, -0.1) is 0 Å². The van der Waals surface area contributed by atoms with E-state index in [0.29, 0.717) is 19.0 Å². The minimum absolute atomic E-state index is 0.0270. The summed E-state index contributed by atoms with van der Waals surface area (Å²) in [6.45, 7) is 2.91. The molecule has 1 amide bonds. The number of carbonyl (C=O) groups excluding carboxylic acids is 1. The van der Waals surface area contributed by atoms with E-state index in [9.17, 15) is 9.90 Å². The van der Waals surface area contributed by atoms with Crippen LogP contribution in [0, 0.1) is 12.8 Å². The van der Waals surface area contributed by atoms with Gasteiger partial charge in [0, 0.05) is 10.0 Å². The monoisotopic (exact) mass is 309 g/mol. The molecule has 1 aliphatic carbocycles. The van der Waals surface area contributed by atoms with Gasteiger partial charge in [-0.3, -0.25) is 4.79 Å². The van der Waals surface area contributed by atoms with Crippen molar-refractivity contribution in [2.24, 2.45) is 5.92 Å². The minimum atomic E-state index is -0.602. The van der Waals surface area contributed by atoms with Gasteiger partial charge in [0.25, 0.3) is 5.91 Å². The number of likely N-dealkylation sites (tertiary alicyclic amines) is 1. The van der Waals surface area contributed by atoms with Crippen molar-refractivity contribution in [2.45, 2.75) is 25.4 Å². The van der Waals surface area contributed by atoms with Gasteiger partial charge in [0.15, 0.2) is 0 Å². The quantitative estimate of drug-likeness (QED) is 0.911. The number of amides is 1. The van der Waals surface area contributed by atoms with Crippen molar-refractivity contribution >= 4 is 21.8 Å². The first kappa shape index (κ1) is 12.2. The van der Waals surface area contributed by atoms with E-state index in [4.69, 9.17) is 0 Å². The van der Waals surface area contributed by atoms with Gasteiger partial charge >= 0.3 is 0 Å². The first-order chi connectivity index (χ1) is 8.51. The van der Waals surface area contributed by atoms with E-state index >= 15 is 0 Å². The normalized spacial score (nSPS) is 21.6. The number of hydrogen-bond donors (Lipinski definition) is 1. The molecule has 0 spiro atoms. The highest BCUT2D eigenvalue weighted by Gasteiger charge is 2.53. The Hall–Kier alpha value is -0.870. The standard InChI is InChI=1S/C14H16BrNO2/c1-9-11(3-2-4-12(9)15)13(17)16-7-14(18,8-16)10-5-6-10/h2-4,10,18H,5-8H2,1H3. The largest absolute Gasteiger partial charge is 0.386 e. The van der Waals surface area contributed by atoms with Gasteiger partial charge in [-0.25, -0.2) is 0 Å². The summed E-state index contributed by atoms with van der Waals surface area (Å²) in [6.07, 6.45) is 2.21. The molecule has 4 heteroatoms. The second kappa shape index (κ2) is 4.07. The molecule has 96 valence electrons. The van der Waals surface area contributed by atoms with Crippen LogP contribution in [0.5, 0.6) is 0 Å². The van der Waals surface area contributed by atoms with Crippen molar-refractivity contribution < 1.29 is 9.90 Å². The average molecular weight is 310 g/mol. The lowest BCUT2D eigenvalue weighted by Gasteiger charge is -2.47. The van der Waals surface area contributed by atoms with Crippen molar-refractivity contribution in [3.63, 3.8) is 0 Å². The molecule has 2 fully saturated rings. The summed E-state index contributed by atoms with van der Waals surface area (Å²) in [4.78, 5) is 14.1. The van der Waals surface area contributed by atoms with Crippen molar-refractivity contribution in [3.05, 3.63) is 33.8 Å². The number of nitrogens with zero attached hydrogens (tertiary/aromatic N) is 1. The molecule has 2 aliphatic rings. The van der Waals surface area contributed by atoms with E-state index in [-0.39, 0.29) is 5.91 Å². The summed E-state index contributed by atoms with van der Waals surface area (Å²) in [5.74, 6) is 0.448. The molecule has 0 atom stereocenters. The third-order valence-corrected chi connectivity index (χ3v) is 4.91. The van der Waals surface area contributed by atoms with Gasteiger partial charge in [0.1, 0.15) is 5.60 Å². The Balaban J connectivity index is 1.74. The first-order valence-corrected chi connectivity index (χ1v) is 7.07. The van der Waals surface area contributed by atoms with Crippen molar-refractivity contribution in [2.75, 3.05) is 13.1 Å². The molecule has 1 aromatic rings. The predicted octanol–water partition coefficient (Wildman–Crippen LogP) is 2.35. The highest BCUT2D eigenvalue weighted by molar-refractivity contribution is 9.10. The summed E-state index contributed by atoms with van der Waals surface area (Å²) < 4.78 is 0.950. The van der Waals surface area contributed by atoms with Crippen LogP contribution in [0.1, 0.15) is 28.8 Å². The van der Waals surface area contributed by atoms with Crippen molar-refractivity contribution in [3.8, 4) is 0 Å². The minimum Gasteiger partial charge on any atom is -0.386 e. The molecule has 1 aliphatic heterocycles. The van der Waals surface area contributed by atoms with Gasteiger partial charge in [0.05, 0.1) is 13.1 Å². The molecule has 1 saturated carbocycles. The van der Waals surface area contributed by atoms with Gasteiger partial charge in [0.2, 0.25) is 0 Å². The zero-order valence-electron chi connectivity index (χ0n) is 10.3. The molecule has 18 heavy (non-hydrogen) atoms. The first-order valence-electron chi connectivity index (χ1n) is 6.28. The van der Waals surface area contributed by atoms with Gasteiger partial charge in [-0.1, -0.05) is 22.0 Å².